The number of hydrogen-bond acceptors (Lipinski definition) is 4. The zero-order valence-electron chi connectivity index (χ0n) is 4.90. The molecule has 0 aromatic rings. The van der Waals surface area contributed by atoms with Gasteiger partial charge in [-0.15, -0.1) is 0 Å². The topological polar surface area (TPSA) is 72.6 Å². The van der Waals surface area contributed by atoms with Crippen molar-refractivity contribution in [2.24, 2.45) is 0 Å². The molecule has 5 nitrogen and oxygen atoms in total. The molecule has 0 saturated heterocycles. The maximum absolute atomic E-state index is 9.57. The van der Waals surface area contributed by atoms with Crippen LogP contribution in [0.25, 0.3) is 0 Å². The number of rotatable bonds is 3. The molecule has 0 rings (SSSR count). The molecule has 0 aliphatic rings. The van der Waals surface area contributed by atoms with E-state index in [1.165, 1.54) is 0 Å². The lowest BCUT2D eigenvalue weighted by atomic mass is 10.8. The summed E-state index contributed by atoms with van der Waals surface area (Å²) in [6.07, 6.45) is 0.392. The molecular formula is C4H7NO4. The van der Waals surface area contributed by atoms with Crippen LogP contribution in [0.3, 0.4) is 0 Å². The molecule has 52 valence electrons. The van der Waals surface area contributed by atoms with Crippen LogP contribution in [-0.4, -0.2) is 16.6 Å². The van der Waals surface area contributed by atoms with Crippen LogP contribution in [-0.2, 0) is 4.74 Å². The Bertz CT molecular complexity index is 131. The Hall–Kier alpha value is -1.26. The van der Waals surface area contributed by atoms with E-state index in [2.05, 4.69) is 4.74 Å². The number of ether oxygens (including phenoxy) is 1. The second-order valence-corrected chi connectivity index (χ2v) is 1.19. The molecule has 0 bridgehead atoms. The van der Waals surface area contributed by atoms with E-state index in [1.54, 1.807) is 6.92 Å². The van der Waals surface area contributed by atoms with Gasteiger partial charge in [-0.05, 0) is 6.92 Å². The summed E-state index contributed by atoms with van der Waals surface area (Å²) >= 11 is 0. The van der Waals surface area contributed by atoms with Gasteiger partial charge in [0, 0.05) is 0 Å². The average Bonchev–Trinajstić information content (AvgIpc) is 1.63. The highest BCUT2D eigenvalue weighted by Crippen LogP contribution is 1.89. The van der Waals surface area contributed by atoms with Crippen LogP contribution < -0.4 is 0 Å². The summed E-state index contributed by atoms with van der Waals surface area (Å²) < 4.78 is 4.33. The minimum atomic E-state index is -0.787. The summed E-state index contributed by atoms with van der Waals surface area (Å²) in [5.74, 6) is -0.664. The lowest BCUT2D eigenvalue weighted by molar-refractivity contribution is -0.407. The Morgan fingerprint density at radius 1 is 2.00 bits per heavy atom. The van der Waals surface area contributed by atoms with Crippen molar-refractivity contribution in [2.45, 2.75) is 6.92 Å². The van der Waals surface area contributed by atoms with Gasteiger partial charge in [-0.25, -0.2) is 0 Å². The summed E-state index contributed by atoms with van der Waals surface area (Å²) in [4.78, 5) is 8.79. The zero-order valence-corrected chi connectivity index (χ0v) is 4.90. The number of aliphatic hydroxyl groups is 1. The third-order valence-electron chi connectivity index (χ3n) is 0.508. The first kappa shape index (κ1) is 7.74. The van der Waals surface area contributed by atoms with Gasteiger partial charge in [-0.2, -0.15) is 0 Å². The fraction of sp³-hybridized carbons (Fsp3) is 0.500. The van der Waals surface area contributed by atoms with Crippen LogP contribution in [0.15, 0.2) is 12.1 Å². The van der Waals surface area contributed by atoms with Crippen LogP contribution in [0, 0.1) is 10.1 Å². The third kappa shape index (κ3) is 4.60. The maximum Gasteiger partial charge on any atom is 0.350 e. The molecule has 0 aliphatic heterocycles. The van der Waals surface area contributed by atoms with Crippen LogP contribution >= 0.6 is 0 Å². The van der Waals surface area contributed by atoms with E-state index >= 15 is 0 Å². The van der Waals surface area contributed by atoms with Crippen LogP contribution in [0.4, 0.5) is 0 Å². The molecule has 0 radical (unpaired) electrons. The predicted octanol–water partition coefficient (Wildman–Crippen LogP) is 0.656. The van der Waals surface area contributed by atoms with E-state index in [0.29, 0.717) is 6.20 Å². The van der Waals surface area contributed by atoms with E-state index < -0.39 is 10.9 Å². The van der Waals surface area contributed by atoms with Gasteiger partial charge in [0.15, 0.2) is 0 Å². The van der Waals surface area contributed by atoms with Gasteiger partial charge in [0.1, 0.15) is 0 Å². The number of aliphatic hydroxyl groups excluding tert-OH is 1. The van der Waals surface area contributed by atoms with Crippen molar-refractivity contribution in [3.05, 3.63) is 22.3 Å². The van der Waals surface area contributed by atoms with Crippen molar-refractivity contribution in [2.75, 3.05) is 6.61 Å². The van der Waals surface area contributed by atoms with Crippen LogP contribution in [0.1, 0.15) is 6.92 Å². The molecule has 0 aromatic heterocycles. The molecule has 0 saturated carbocycles. The predicted molar refractivity (Wildman–Crippen MR) is 29.3 cm³/mol. The summed E-state index contributed by atoms with van der Waals surface area (Å²) in [6.45, 7) is 1.83. The quantitative estimate of drug-likeness (QED) is 0.348. The molecule has 0 aromatic carbocycles. The van der Waals surface area contributed by atoms with Crippen LogP contribution in [0.5, 0.6) is 0 Å². The van der Waals surface area contributed by atoms with Crippen molar-refractivity contribution in [3.8, 4) is 0 Å². The van der Waals surface area contributed by atoms with Crippen molar-refractivity contribution < 1.29 is 14.8 Å². The zero-order chi connectivity index (χ0) is 7.28. The number of nitro groups is 1. The fourth-order valence-corrected chi connectivity index (χ4v) is 0.275. The lowest BCUT2D eigenvalue weighted by Gasteiger charge is -1.94. The van der Waals surface area contributed by atoms with Gasteiger partial charge in [0.05, 0.1) is 11.5 Å². The van der Waals surface area contributed by atoms with Gasteiger partial charge in [0.2, 0.25) is 0 Å². The number of hydrogen-bond donors (Lipinski definition) is 1. The highest BCUT2D eigenvalue weighted by atomic mass is 16.6. The Balaban J connectivity index is 3.69. The van der Waals surface area contributed by atoms with E-state index in [1.807, 2.05) is 0 Å². The standard InChI is InChI=1S/C4H7NO4/c1-2-9-4(6)3-5(7)8/h3,6H,2H2,1H3/b4-3+. The van der Waals surface area contributed by atoms with Gasteiger partial charge in [-0.1, -0.05) is 0 Å². The molecule has 0 fully saturated rings. The highest BCUT2D eigenvalue weighted by Gasteiger charge is 1.96. The Morgan fingerprint density at radius 2 is 2.56 bits per heavy atom. The van der Waals surface area contributed by atoms with Crippen molar-refractivity contribution in [1.29, 1.82) is 0 Å². The molecular weight excluding hydrogens is 126 g/mol. The minimum Gasteiger partial charge on any atom is -0.476 e. The molecule has 0 heterocycles. The van der Waals surface area contributed by atoms with Gasteiger partial charge >= 0.3 is 12.1 Å². The van der Waals surface area contributed by atoms with Crippen LogP contribution in [0.2, 0.25) is 0 Å². The van der Waals surface area contributed by atoms with Crippen molar-refractivity contribution >= 4 is 0 Å². The monoisotopic (exact) mass is 133 g/mol. The third-order valence-corrected chi connectivity index (χ3v) is 0.508. The lowest BCUT2D eigenvalue weighted by Crippen LogP contribution is -1.94. The molecule has 0 spiro atoms. The van der Waals surface area contributed by atoms with E-state index in [4.69, 9.17) is 5.11 Å². The SMILES string of the molecule is CCO/C(O)=C/[N+](=O)[O-]. The molecule has 0 atom stereocenters. The fourth-order valence-electron chi connectivity index (χ4n) is 0.275. The molecule has 0 unspecified atom stereocenters. The van der Waals surface area contributed by atoms with E-state index in [0.717, 1.165) is 0 Å². The second-order valence-electron chi connectivity index (χ2n) is 1.19. The summed E-state index contributed by atoms with van der Waals surface area (Å²) in [5, 5.41) is 18.0. The molecule has 0 amide bonds. The first-order valence-electron chi connectivity index (χ1n) is 2.34. The molecule has 5 heteroatoms. The molecule has 9 heavy (non-hydrogen) atoms. The number of nitrogens with zero attached hydrogens (tertiary/aromatic N) is 1. The molecule has 1 N–H and O–H groups in total. The maximum atomic E-state index is 9.57. The van der Waals surface area contributed by atoms with Gasteiger partial charge < -0.3 is 9.84 Å². The normalized spacial score (nSPS) is 11.0. The highest BCUT2D eigenvalue weighted by molar-refractivity contribution is 4.69. The Labute approximate surface area is 51.7 Å². The first-order valence-corrected chi connectivity index (χ1v) is 2.34. The first-order chi connectivity index (χ1) is 4.16. The van der Waals surface area contributed by atoms with E-state index in [9.17, 15) is 10.1 Å². The van der Waals surface area contributed by atoms with Gasteiger partial charge in [0.25, 0.3) is 0 Å². The summed E-state index contributed by atoms with van der Waals surface area (Å²) in [7, 11) is 0. The van der Waals surface area contributed by atoms with Crippen molar-refractivity contribution in [3.63, 3.8) is 0 Å². The Morgan fingerprint density at radius 3 is 2.89 bits per heavy atom. The van der Waals surface area contributed by atoms with Crippen molar-refractivity contribution in [1.82, 2.24) is 0 Å². The average molecular weight is 133 g/mol. The van der Waals surface area contributed by atoms with Gasteiger partial charge in [-0.3, -0.25) is 10.1 Å². The summed E-state index contributed by atoms with van der Waals surface area (Å²) in [6, 6.07) is 0. The summed E-state index contributed by atoms with van der Waals surface area (Å²) in [5.41, 5.74) is 0. The second kappa shape index (κ2) is 3.71. The van der Waals surface area contributed by atoms with E-state index in [-0.39, 0.29) is 6.61 Å². The minimum absolute atomic E-state index is 0.218. The Kier molecular flexibility index (Phi) is 3.19. The molecule has 0 aliphatic carbocycles. The smallest absolute Gasteiger partial charge is 0.350 e. The largest absolute Gasteiger partial charge is 0.476 e.